The first-order chi connectivity index (χ1) is 10.4. The number of hydrogen-bond acceptors (Lipinski definition) is 4. The summed E-state index contributed by atoms with van der Waals surface area (Å²) in [6.07, 6.45) is -3.63. The molecule has 126 valence electrons. The lowest BCUT2D eigenvalue weighted by atomic mass is 10.1. The second-order valence-electron chi connectivity index (χ2n) is 5.27. The summed E-state index contributed by atoms with van der Waals surface area (Å²) in [5.74, 6) is -0.247. The SMILES string of the molecule is Cc1c(C(=O)NC2CCNC2)sc2nc(C(F)(F)F)ccc12.Cl. The second-order valence-corrected chi connectivity index (χ2v) is 6.27. The number of nitrogens with one attached hydrogen (secondary N) is 2. The van der Waals surface area contributed by atoms with Crippen molar-refractivity contribution in [3.63, 3.8) is 0 Å². The molecular weight excluding hydrogens is 351 g/mol. The smallest absolute Gasteiger partial charge is 0.347 e. The van der Waals surface area contributed by atoms with Gasteiger partial charge in [0.1, 0.15) is 10.5 Å². The van der Waals surface area contributed by atoms with E-state index < -0.39 is 11.9 Å². The molecule has 0 spiro atoms. The van der Waals surface area contributed by atoms with Gasteiger partial charge < -0.3 is 10.6 Å². The van der Waals surface area contributed by atoms with Gasteiger partial charge in [0.2, 0.25) is 0 Å². The molecule has 0 bridgehead atoms. The molecule has 4 nitrogen and oxygen atoms in total. The Morgan fingerprint density at radius 3 is 2.78 bits per heavy atom. The summed E-state index contributed by atoms with van der Waals surface area (Å²) in [7, 11) is 0. The molecule has 1 fully saturated rings. The van der Waals surface area contributed by atoms with Crippen LogP contribution >= 0.6 is 23.7 Å². The van der Waals surface area contributed by atoms with Gasteiger partial charge in [-0.1, -0.05) is 0 Å². The van der Waals surface area contributed by atoms with E-state index in [1.807, 2.05) is 0 Å². The number of hydrogen-bond donors (Lipinski definition) is 2. The zero-order chi connectivity index (χ0) is 15.9. The van der Waals surface area contributed by atoms with E-state index in [0.717, 1.165) is 30.4 Å². The normalized spacial score (nSPS) is 18.0. The van der Waals surface area contributed by atoms with Crippen molar-refractivity contribution in [2.75, 3.05) is 13.1 Å². The predicted molar refractivity (Wildman–Crippen MR) is 85.3 cm³/mol. The van der Waals surface area contributed by atoms with E-state index in [0.29, 0.717) is 22.4 Å². The monoisotopic (exact) mass is 365 g/mol. The highest BCUT2D eigenvalue weighted by atomic mass is 35.5. The van der Waals surface area contributed by atoms with Crippen LogP contribution in [0, 0.1) is 6.92 Å². The van der Waals surface area contributed by atoms with E-state index in [4.69, 9.17) is 0 Å². The molecule has 3 heterocycles. The Morgan fingerprint density at radius 2 is 2.17 bits per heavy atom. The Bertz CT molecular complexity index is 726. The van der Waals surface area contributed by atoms with Crippen LogP contribution in [0.2, 0.25) is 0 Å². The predicted octanol–water partition coefficient (Wildman–Crippen LogP) is 3.14. The molecule has 0 saturated carbocycles. The zero-order valence-corrected chi connectivity index (χ0v) is 13.8. The largest absolute Gasteiger partial charge is 0.433 e. The van der Waals surface area contributed by atoms with Crippen LogP contribution in [-0.2, 0) is 6.18 Å². The topological polar surface area (TPSA) is 54.0 Å². The van der Waals surface area contributed by atoms with Gasteiger partial charge in [0.15, 0.2) is 0 Å². The van der Waals surface area contributed by atoms with Gasteiger partial charge in [0.05, 0.1) is 4.88 Å². The minimum Gasteiger partial charge on any atom is -0.347 e. The third-order valence-electron chi connectivity index (χ3n) is 3.70. The number of nitrogens with zero attached hydrogens (tertiary/aromatic N) is 1. The van der Waals surface area contributed by atoms with Gasteiger partial charge in [-0.05, 0) is 37.6 Å². The maximum atomic E-state index is 12.7. The van der Waals surface area contributed by atoms with Crippen molar-refractivity contribution in [2.24, 2.45) is 0 Å². The molecular formula is C14H15ClF3N3OS. The van der Waals surface area contributed by atoms with E-state index in [1.54, 1.807) is 6.92 Å². The maximum absolute atomic E-state index is 12.7. The molecule has 2 aromatic heterocycles. The van der Waals surface area contributed by atoms with E-state index in [2.05, 4.69) is 15.6 Å². The summed E-state index contributed by atoms with van der Waals surface area (Å²) < 4.78 is 38.1. The maximum Gasteiger partial charge on any atom is 0.433 e. The van der Waals surface area contributed by atoms with Crippen molar-refractivity contribution in [2.45, 2.75) is 25.6 Å². The van der Waals surface area contributed by atoms with Crippen molar-refractivity contribution in [3.05, 3.63) is 28.3 Å². The molecule has 1 amide bonds. The van der Waals surface area contributed by atoms with Gasteiger partial charge in [-0.15, -0.1) is 23.7 Å². The summed E-state index contributed by atoms with van der Waals surface area (Å²) in [6.45, 7) is 3.30. The van der Waals surface area contributed by atoms with Gasteiger partial charge in [-0.2, -0.15) is 13.2 Å². The highest BCUT2D eigenvalue weighted by molar-refractivity contribution is 7.20. The molecule has 9 heteroatoms. The number of aryl methyl sites for hydroxylation is 1. The van der Waals surface area contributed by atoms with E-state index in [-0.39, 0.29) is 29.2 Å². The molecule has 0 aliphatic carbocycles. The third-order valence-corrected chi connectivity index (χ3v) is 4.90. The lowest BCUT2D eigenvalue weighted by Crippen LogP contribution is -2.36. The molecule has 3 rings (SSSR count). The molecule has 1 saturated heterocycles. The number of halogens is 4. The first-order valence-corrected chi connectivity index (χ1v) is 7.67. The van der Waals surface area contributed by atoms with Crippen LogP contribution in [0.3, 0.4) is 0 Å². The fourth-order valence-electron chi connectivity index (χ4n) is 2.50. The van der Waals surface area contributed by atoms with Crippen LogP contribution in [0.5, 0.6) is 0 Å². The lowest BCUT2D eigenvalue weighted by Gasteiger charge is -2.10. The molecule has 1 atom stereocenters. The average Bonchev–Trinajstić information content (AvgIpc) is 3.06. The number of alkyl halides is 3. The van der Waals surface area contributed by atoms with Crippen LogP contribution in [-0.4, -0.2) is 30.0 Å². The summed E-state index contributed by atoms with van der Waals surface area (Å²) >= 11 is 1.00. The first kappa shape index (κ1) is 18.0. The minimum absolute atomic E-state index is 0. The number of pyridine rings is 1. The number of carbonyl (C=O) groups is 1. The number of rotatable bonds is 2. The second kappa shape index (κ2) is 6.62. The summed E-state index contributed by atoms with van der Waals surface area (Å²) in [6, 6.07) is 2.39. The minimum atomic E-state index is -4.48. The van der Waals surface area contributed by atoms with Crippen LogP contribution < -0.4 is 10.6 Å². The fourth-order valence-corrected chi connectivity index (χ4v) is 3.59. The standard InChI is InChI=1S/C14H14F3N3OS.ClH/c1-7-9-2-3-10(14(15,16)17)20-13(9)22-11(7)12(21)19-8-4-5-18-6-8;/h2-3,8,18H,4-6H2,1H3,(H,19,21);1H. The molecule has 1 unspecified atom stereocenters. The van der Waals surface area contributed by atoms with Crippen molar-refractivity contribution < 1.29 is 18.0 Å². The van der Waals surface area contributed by atoms with E-state index in [9.17, 15) is 18.0 Å². The van der Waals surface area contributed by atoms with Crippen LogP contribution in [0.15, 0.2) is 12.1 Å². The highest BCUT2D eigenvalue weighted by Crippen LogP contribution is 2.34. The molecule has 23 heavy (non-hydrogen) atoms. The molecule has 1 aliphatic rings. The van der Waals surface area contributed by atoms with E-state index >= 15 is 0 Å². The van der Waals surface area contributed by atoms with Gasteiger partial charge >= 0.3 is 6.18 Å². The Hall–Kier alpha value is -1.38. The summed E-state index contributed by atoms with van der Waals surface area (Å²) in [4.78, 5) is 16.6. The van der Waals surface area contributed by atoms with Crippen molar-refractivity contribution in [1.29, 1.82) is 0 Å². The molecule has 1 aliphatic heterocycles. The summed E-state index contributed by atoms with van der Waals surface area (Å²) in [5, 5.41) is 6.64. The molecule has 2 aromatic rings. The van der Waals surface area contributed by atoms with Crippen molar-refractivity contribution >= 4 is 39.9 Å². The number of thiophene rings is 1. The zero-order valence-electron chi connectivity index (χ0n) is 12.2. The Morgan fingerprint density at radius 1 is 1.43 bits per heavy atom. The van der Waals surface area contributed by atoms with Gasteiger partial charge in [-0.3, -0.25) is 4.79 Å². The first-order valence-electron chi connectivity index (χ1n) is 6.85. The van der Waals surface area contributed by atoms with Crippen LogP contribution in [0.4, 0.5) is 13.2 Å². The molecule has 2 N–H and O–H groups in total. The number of aromatic nitrogens is 1. The van der Waals surface area contributed by atoms with Gasteiger partial charge in [-0.25, -0.2) is 4.98 Å². The number of carbonyl (C=O) groups excluding carboxylic acids is 1. The Labute approximate surface area is 140 Å². The van der Waals surface area contributed by atoms with Gasteiger partial charge in [0.25, 0.3) is 5.91 Å². The summed E-state index contributed by atoms with van der Waals surface area (Å²) in [5.41, 5.74) is -0.266. The number of amides is 1. The van der Waals surface area contributed by atoms with Crippen LogP contribution in [0.25, 0.3) is 10.2 Å². The fraction of sp³-hybridized carbons (Fsp3) is 0.429. The van der Waals surface area contributed by atoms with Crippen LogP contribution in [0.1, 0.15) is 27.3 Å². The Balaban J connectivity index is 0.00000192. The van der Waals surface area contributed by atoms with Crippen molar-refractivity contribution in [3.8, 4) is 0 Å². The molecule has 0 radical (unpaired) electrons. The molecule has 0 aromatic carbocycles. The third kappa shape index (κ3) is 3.59. The van der Waals surface area contributed by atoms with Gasteiger partial charge in [0, 0.05) is 18.0 Å². The highest BCUT2D eigenvalue weighted by Gasteiger charge is 2.33. The van der Waals surface area contributed by atoms with Crippen molar-refractivity contribution in [1.82, 2.24) is 15.6 Å². The van der Waals surface area contributed by atoms with E-state index in [1.165, 1.54) is 6.07 Å². The average molecular weight is 366 g/mol. The number of fused-ring (bicyclic) bond motifs is 1. The lowest BCUT2D eigenvalue weighted by molar-refractivity contribution is -0.140. The quantitative estimate of drug-likeness (QED) is 0.859. The Kier molecular flexibility index (Phi) is 5.17.